The summed E-state index contributed by atoms with van der Waals surface area (Å²) in [4.78, 5) is 35.5. The summed E-state index contributed by atoms with van der Waals surface area (Å²) in [7, 11) is 0. The molecule has 0 aromatic heterocycles. The number of benzene rings is 1. The highest BCUT2D eigenvalue weighted by atomic mass is 19.2. The Kier molecular flexibility index (Phi) is 3.78. The smallest absolute Gasteiger partial charge is 0.337 e. The summed E-state index contributed by atoms with van der Waals surface area (Å²) in [5.74, 6) is -5.42. The van der Waals surface area contributed by atoms with Crippen LogP contribution in [0.3, 0.4) is 0 Å². The molecule has 1 aliphatic heterocycles. The lowest BCUT2D eigenvalue weighted by molar-refractivity contribution is -0.125. The Bertz CT molecular complexity index is 582. The lowest BCUT2D eigenvalue weighted by Gasteiger charge is -2.20. The largest absolute Gasteiger partial charge is 0.478 e. The second-order valence-corrected chi connectivity index (χ2v) is 4.42. The van der Waals surface area contributed by atoms with Gasteiger partial charge in [0.1, 0.15) is 0 Å². The molecule has 1 aromatic carbocycles. The Morgan fingerprint density at radius 2 is 1.55 bits per heavy atom. The van der Waals surface area contributed by atoms with Crippen LogP contribution < -0.4 is 4.90 Å². The first-order valence-electron chi connectivity index (χ1n) is 6.00. The molecule has 1 aliphatic rings. The Morgan fingerprint density at radius 3 is 2.05 bits per heavy atom. The number of hydrogen-bond donors (Lipinski definition) is 1. The standard InChI is InChI=1S/C13H11F2NO4/c14-8-5-7(13(19)20)10(6-9(8)15)16-11(17)3-1-2-4-12(16)18/h5-6H,1-4H2,(H,19,20). The summed E-state index contributed by atoms with van der Waals surface area (Å²) in [5, 5.41) is 9.02. The van der Waals surface area contributed by atoms with Crippen molar-refractivity contribution in [1.29, 1.82) is 0 Å². The second-order valence-electron chi connectivity index (χ2n) is 4.42. The Labute approximate surface area is 112 Å². The molecule has 0 saturated carbocycles. The van der Waals surface area contributed by atoms with Gasteiger partial charge in [0.25, 0.3) is 0 Å². The first kappa shape index (κ1) is 14.1. The van der Waals surface area contributed by atoms with Crippen molar-refractivity contribution in [3.05, 3.63) is 29.3 Å². The molecule has 1 aromatic rings. The number of carbonyl (C=O) groups excluding carboxylic acids is 2. The Morgan fingerprint density at radius 1 is 1.05 bits per heavy atom. The second kappa shape index (κ2) is 5.36. The van der Waals surface area contributed by atoms with Gasteiger partial charge in [-0.05, 0) is 18.9 Å². The number of amides is 2. The lowest BCUT2D eigenvalue weighted by atomic mass is 10.1. The highest BCUT2D eigenvalue weighted by Gasteiger charge is 2.30. The van der Waals surface area contributed by atoms with E-state index >= 15 is 0 Å². The van der Waals surface area contributed by atoms with Crippen LogP contribution in [0.1, 0.15) is 36.0 Å². The molecule has 0 atom stereocenters. The minimum absolute atomic E-state index is 0.0593. The first-order valence-corrected chi connectivity index (χ1v) is 6.00. The van der Waals surface area contributed by atoms with Crippen molar-refractivity contribution in [2.24, 2.45) is 0 Å². The molecular weight excluding hydrogens is 272 g/mol. The molecule has 2 rings (SSSR count). The predicted molar refractivity (Wildman–Crippen MR) is 64.3 cm³/mol. The number of rotatable bonds is 2. The SMILES string of the molecule is O=C(O)c1cc(F)c(F)cc1N1C(=O)CCCCC1=O. The molecule has 2 amide bonds. The third-order valence-corrected chi connectivity index (χ3v) is 3.04. The average molecular weight is 283 g/mol. The average Bonchev–Trinajstić information content (AvgIpc) is 2.53. The summed E-state index contributed by atoms with van der Waals surface area (Å²) in [6.07, 6.45) is 1.11. The number of carbonyl (C=O) groups is 3. The van der Waals surface area contributed by atoms with Crippen LogP contribution in [-0.4, -0.2) is 22.9 Å². The maximum absolute atomic E-state index is 13.3. The number of carboxylic acids is 1. The van der Waals surface area contributed by atoms with Crippen molar-refractivity contribution >= 4 is 23.5 Å². The van der Waals surface area contributed by atoms with E-state index in [4.69, 9.17) is 5.11 Å². The Hall–Kier alpha value is -2.31. The van der Waals surface area contributed by atoms with Gasteiger partial charge in [-0.1, -0.05) is 0 Å². The fourth-order valence-corrected chi connectivity index (χ4v) is 2.08. The molecule has 0 radical (unpaired) electrons. The summed E-state index contributed by atoms with van der Waals surface area (Å²) < 4.78 is 26.5. The van der Waals surface area contributed by atoms with Crippen molar-refractivity contribution in [1.82, 2.24) is 0 Å². The maximum Gasteiger partial charge on any atom is 0.337 e. The molecule has 1 saturated heterocycles. The number of halogens is 2. The quantitative estimate of drug-likeness (QED) is 0.843. The van der Waals surface area contributed by atoms with Gasteiger partial charge in [0, 0.05) is 18.9 Å². The van der Waals surface area contributed by atoms with Crippen LogP contribution in [0, 0.1) is 11.6 Å². The van der Waals surface area contributed by atoms with E-state index in [1.165, 1.54) is 0 Å². The van der Waals surface area contributed by atoms with Crippen molar-refractivity contribution in [2.45, 2.75) is 25.7 Å². The van der Waals surface area contributed by atoms with Crippen LogP contribution in [0.15, 0.2) is 12.1 Å². The normalized spacial score (nSPS) is 16.2. The minimum atomic E-state index is -1.54. The molecule has 106 valence electrons. The van der Waals surface area contributed by atoms with Crippen molar-refractivity contribution in [2.75, 3.05) is 4.90 Å². The van der Waals surface area contributed by atoms with Crippen LogP contribution in [0.5, 0.6) is 0 Å². The molecule has 20 heavy (non-hydrogen) atoms. The van der Waals surface area contributed by atoms with E-state index in [2.05, 4.69) is 0 Å². The molecule has 0 unspecified atom stereocenters. The van der Waals surface area contributed by atoms with E-state index in [-0.39, 0.29) is 12.8 Å². The van der Waals surface area contributed by atoms with Gasteiger partial charge >= 0.3 is 5.97 Å². The van der Waals surface area contributed by atoms with Gasteiger partial charge in [0.15, 0.2) is 11.6 Å². The molecular formula is C13H11F2NO4. The van der Waals surface area contributed by atoms with Crippen LogP contribution in [0.25, 0.3) is 0 Å². The molecule has 5 nitrogen and oxygen atoms in total. The van der Waals surface area contributed by atoms with Gasteiger partial charge in [-0.25, -0.2) is 18.5 Å². The lowest BCUT2D eigenvalue weighted by Crippen LogP contribution is -2.36. The van der Waals surface area contributed by atoms with Crippen molar-refractivity contribution in [3.63, 3.8) is 0 Å². The van der Waals surface area contributed by atoms with Gasteiger partial charge in [0.05, 0.1) is 11.3 Å². The maximum atomic E-state index is 13.3. The summed E-state index contributed by atoms with van der Waals surface area (Å²) in [6, 6.07) is 1.04. The van der Waals surface area contributed by atoms with Crippen molar-refractivity contribution in [3.8, 4) is 0 Å². The van der Waals surface area contributed by atoms with Gasteiger partial charge in [0.2, 0.25) is 11.8 Å². The van der Waals surface area contributed by atoms with Crippen molar-refractivity contribution < 1.29 is 28.3 Å². The fourth-order valence-electron chi connectivity index (χ4n) is 2.08. The number of anilines is 1. The van der Waals surface area contributed by atoms with Gasteiger partial charge in [-0.3, -0.25) is 9.59 Å². The van der Waals surface area contributed by atoms with Crippen LogP contribution in [0.2, 0.25) is 0 Å². The van der Waals surface area contributed by atoms with Gasteiger partial charge in [-0.15, -0.1) is 0 Å². The van der Waals surface area contributed by atoms with Gasteiger partial charge in [-0.2, -0.15) is 0 Å². The van der Waals surface area contributed by atoms with E-state index in [9.17, 15) is 23.2 Å². The molecule has 1 N–H and O–H groups in total. The number of nitrogens with zero attached hydrogens (tertiary/aromatic N) is 1. The molecule has 0 aliphatic carbocycles. The molecule has 1 fully saturated rings. The zero-order valence-corrected chi connectivity index (χ0v) is 10.4. The predicted octanol–water partition coefficient (Wildman–Crippen LogP) is 2.10. The Balaban J connectivity index is 2.59. The summed E-state index contributed by atoms with van der Waals surface area (Å²) >= 11 is 0. The third kappa shape index (κ3) is 2.52. The monoisotopic (exact) mass is 283 g/mol. The summed E-state index contributed by atoms with van der Waals surface area (Å²) in [6.45, 7) is 0. The minimum Gasteiger partial charge on any atom is -0.478 e. The third-order valence-electron chi connectivity index (χ3n) is 3.04. The number of aromatic carboxylic acids is 1. The zero-order chi connectivity index (χ0) is 14.9. The van der Waals surface area contributed by atoms with E-state index in [0.29, 0.717) is 29.9 Å². The van der Waals surface area contributed by atoms with E-state index in [1.54, 1.807) is 0 Å². The molecule has 0 bridgehead atoms. The van der Waals surface area contributed by atoms with Crippen LogP contribution in [-0.2, 0) is 9.59 Å². The fraction of sp³-hybridized carbons (Fsp3) is 0.308. The number of hydrogen-bond acceptors (Lipinski definition) is 3. The van der Waals surface area contributed by atoms with E-state index in [1.807, 2.05) is 0 Å². The van der Waals surface area contributed by atoms with Gasteiger partial charge < -0.3 is 5.11 Å². The number of imide groups is 1. The molecule has 7 heteroatoms. The van der Waals surface area contributed by atoms with E-state index in [0.717, 1.165) is 0 Å². The first-order chi connectivity index (χ1) is 9.41. The topological polar surface area (TPSA) is 74.7 Å². The van der Waals surface area contributed by atoms with Crippen LogP contribution >= 0.6 is 0 Å². The number of carboxylic acid groups (broad SMARTS) is 1. The molecule has 0 spiro atoms. The zero-order valence-electron chi connectivity index (χ0n) is 10.4. The highest BCUT2D eigenvalue weighted by Crippen LogP contribution is 2.27. The summed E-state index contributed by atoms with van der Waals surface area (Å²) in [5.41, 5.74) is -1.04. The molecule has 1 heterocycles. The highest BCUT2D eigenvalue weighted by molar-refractivity contribution is 6.17. The van der Waals surface area contributed by atoms with Crippen LogP contribution in [0.4, 0.5) is 14.5 Å². The van der Waals surface area contributed by atoms with E-state index < -0.39 is 40.7 Å².